The third-order valence-corrected chi connectivity index (χ3v) is 5.21. The van der Waals surface area contributed by atoms with Crippen molar-refractivity contribution in [3.8, 4) is 0 Å². The fourth-order valence-electron chi connectivity index (χ4n) is 2.78. The van der Waals surface area contributed by atoms with E-state index in [-0.39, 0.29) is 25.3 Å². The molecule has 28 heavy (non-hydrogen) atoms. The number of halogens is 2. The predicted octanol–water partition coefficient (Wildman–Crippen LogP) is 1.59. The van der Waals surface area contributed by atoms with Gasteiger partial charge in [0.15, 0.2) is 0 Å². The Morgan fingerprint density at radius 3 is 2.39 bits per heavy atom. The number of hydrogen-bond donors (Lipinski definition) is 2. The van der Waals surface area contributed by atoms with Gasteiger partial charge in [0.1, 0.15) is 6.04 Å². The number of nitrogens with zero attached hydrogens (tertiary/aromatic N) is 1. The van der Waals surface area contributed by atoms with E-state index in [2.05, 4.69) is 10.6 Å². The maximum Gasteiger partial charge on any atom is 0.242 e. The second kappa shape index (κ2) is 9.70. The standard InChI is InChI=1S/C15H15B2Cl2N3O3.C3H6/c1-20-14(25)12(21-7-23)2-3-13(24)22-6-8-4-10(18)11(19)5-9(8)15(22,16)17;1-2-3-1/h4-5,7,12H,2-3,6H2,1H3,(H,20,25)(H,21,23);1-3H2. The minimum Gasteiger partial charge on any atom is -0.357 e. The van der Waals surface area contributed by atoms with Crippen LogP contribution >= 0.6 is 23.2 Å². The number of rotatable bonds is 6. The van der Waals surface area contributed by atoms with Gasteiger partial charge >= 0.3 is 0 Å². The van der Waals surface area contributed by atoms with E-state index in [1.165, 1.54) is 31.2 Å². The first-order valence-electron chi connectivity index (χ1n) is 9.00. The SMILES string of the molecule is C1CC1.[B]C1([B])c2cc(Cl)c(Cl)cc2CN1C(=O)CCC(NC=O)C(=O)NC. The van der Waals surface area contributed by atoms with Gasteiger partial charge in [0.05, 0.1) is 25.7 Å². The molecule has 146 valence electrons. The van der Waals surface area contributed by atoms with E-state index < -0.39 is 17.3 Å². The molecule has 4 radical (unpaired) electrons. The van der Waals surface area contributed by atoms with E-state index in [0.29, 0.717) is 27.6 Å². The van der Waals surface area contributed by atoms with E-state index in [4.69, 9.17) is 38.9 Å². The third-order valence-electron chi connectivity index (χ3n) is 4.49. The maximum atomic E-state index is 12.6. The normalized spacial score (nSPS) is 16.9. The van der Waals surface area contributed by atoms with Gasteiger partial charge in [-0.25, -0.2) is 0 Å². The van der Waals surface area contributed by atoms with Crippen molar-refractivity contribution in [2.45, 2.75) is 50.0 Å². The van der Waals surface area contributed by atoms with Crippen LogP contribution in [-0.4, -0.2) is 51.9 Å². The zero-order chi connectivity index (χ0) is 20.9. The van der Waals surface area contributed by atoms with E-state index in [9.17, 15) is 14.4 Å². The quantitative estimate of drug-likeness (QED) is 0.543. The van der Waals surface area contributed by atoms with Crippen molar-refractivity contribution in [3.63, 3.8) is 0 Å². The fourth-order valence-corrected chi connectivity index (χ4v) is 3.13. The molecule has 3 rings (SSSR count). The molecule has 10 heteroatoms. The van der Waals surface area contributed by atoms with Crippen molar-refractivity contribution in [1.82, 2.24) is 15.5 Å². The van der Waals surface area contributed by atoms with Gasteiger partial charge < -0.3 is 15.5 Å². The van der Waals surface area contributed by atoms with Crippen molar-refractivity contribution < 1.29 is 14.4 Å². The van der Waals surface area contributed by atoms with Crippen LogP contribution in [0.5, 0.6) is 0 Å². The Kier molecular flexibility index (Phi) is 7.84. The molecule has 1 heterocycles. The smallest absolute Gasteiger partial charge is 0.242 e. The van der Waals surface area contributed by atoms with E-state index >= 15 is 0 Å². The molecule has 0 spiro atoms. The summed E-state index contributed by atoms with van der Waals surface area (Å²) < 4.78 is 0. The van der Waals surface area contributed by atoms with Crippen LogP contribution < -0.4 is 10.6 Å². The number of benzene rings is 1. The van der Waals surface area contributed by atoms with Gasteiger partial charge in [-0.2, -0.15) is 0 Å². The molecule has 6 nitrogen and oxygen atoms in total. The minimum atomic E-state index is -1.53. The Morgan fingerprint density at radius 1 is 1.25 bits per heavy atom. The minimum absolute atomic E-state index is 0.0233. The molecule has 2 aliphatic rings. The molecule has 3 amide bonds. The highest BCUT2D eigenvalue weighted by Gasteiger charge is 2.39. The number of nitrogens with one attached hydrogen (secondary N) is 2. The fraction of sp³-hybridized carbons (Fsp3) is 0.500. The summed E-state index contributed by atoms with van der Waals surface area (Å²) in [4.78, 5) is 36.2. The molecule has 1 aliphatic carbocycles. The number of carbonyl (C=O) groups is 3. The zero-order valence-electron chi connectivity index (χ0n) is 15.6. The number of carbonyl (C=O) groups excluding carboxylic acids is 3. The van der Waals surface area contributed by atoms with Gasteiger partial charge in [-0.15, -0.1) is 0 Å². The summed E-state index contributed by atoms with van der Waals surface area (Å²) in [5.74, 6) is -0.745. The van der Waals surface area contributed by atoms with Crippen LogP contribution in [0.15, 0.2) is 12.1 Å². The van der Waals surface area contributed by atoms with Gasteiger partial charge in [-0.3, -0.25) is 14.4 Å². The highest BCUT2D eigenvalue weighted by Crippen LogP contribution is 2.39. The van der Waals surface area contributed by atoms with Gasteiger partial charge in [-0.1, -0.05) is 42.5 Å². The van der Waals surface area contributed by atoms with Crippen LogP contribution in [0.25, 0.3) is 0 Å². The molecular weight excluding hydrogens is 399 g/mol. The Hall–Kier alpha value is -1.66. The largest absolute Gasteiger partial charge is 0.357 e. The molecule has 1 aromatic rings. The van der Waals surface area contributed by atoms with Gasteiger partial charge in [0, 0.05) is 20.0 Å². The summed E-state index contributed by atoms with van der Waals surface area (Å²) in [7, 11) is 13.7. The molecule has 2 N–H and O–H groups in total. The Bertz CT molecular complexity index is 757. The molecule has 1 saturated carbocycles. The van der Waals surface area contributed by atoms with Crippen molar-refractivity contribution in [2.24, 2.45) is 0 Å². The van der Waals surface area contributed by atoms with E-state index in [1.807, 2.05) is 0 Å². The van der Waals surface area contributed by atoms with Crippen LogP contribution in [0, 0.1) is 0 Å². The van der Waals surface area contributed by atoms with E-state index in [1.54, 1.807) is 12.1 Å². The van der Waals surface area contributed by atoms with Crippen LogP contribution in [-0.2, 0) is 26.3 Å². The highest BCUT2D eigenvalue weighted by atomic mass is 35.5. The maximum absolute atomic E-state index is 12.6. The second-order valence-electron chi connectivity index (χ2n) is 6.78. The summed E-state index contributed by atoms with van der Waals surface area (Å²) in [5, 5.41) is 3.91. The first kappa shape index (κ1) is 22.6. The highest BCUT2D eigenvalue weighted by molar-refractivity contribution is 6.43. The first-order valence-corrected chi connectivity index (χ1v) is 9.75. The lowest BCUT2D eigenvalue weighted by atomic mass is 9.58. The molecule has 0 bridgehead atoms. The van der Waals surface area contributed by atoms with Gasteiger partial charge in [0.25, 0.3) is 0 Å². The molecule has 1 aromatic carbocycles. The summed E-state index contributed by atoms with van der Waals surface area (Å²) in [5.41, 5.74) is 1.23. The molecule has 1 unspecified atom stereocenters. The molecule has 1 aliphatic heterocycles. The number of amides is 3. The topological polar surface area (TPSA) is 78.5 Å². The first-order chi connectivity index (χ1) is 13.2. The predicted molar refractivity (Wildman–Crippen MR) is 110 cm³/mol. The molecular formula is C18H21B2Cl2N3O3. The summed E-state index contributed by atoms with van der Waals surface area (Å²) in [6, 6.07) is 2.36. The van der Waals surface area contributed by atoms with Crippen molar-refractivity contribution in [2.75, 3.05) is 7.05 Å². The average Bonchev–Trinajstić information content (AvgIpc) is 3.51. The number of likely N-dealkylation sites (N-methyl/N-ethyl adjacent to an activating group) is 1. The summed E-state index contributed by atoms with van der Waals surface area (Å²) >= 11 is 12.0. The van der Waals surface area contributed by atoms with Crippen LogP contribution in [0.4, 0.5) is 0 Å². The third kappa shape index (κ3) is 5.45. The molecule has 0 aromatic heterocycles. The van der Waals surface area contributed by atoms with Gasteiger partial charge in [-0.05, 0) is 35.0 Å². The number of hydrogen-bond acceptors (Lipinski definition) is 3. The Labute approximate surface area is 177 Å². The lowest BCUT2D eigenvalue weighted by Gasteiger charge is -2.34. The van der Waals surface area contributed by atoms with Crippen LogP contribution in [0.1, 0.15) is 43.2 Å². The van der Waals surface area contributed by atoms with Crippen molar-refractivity contribution in [3.05, 3.63) is 33.3 Å². The Balaban J connectivity index is 0.000000849. The summed E-state index contributed by atoms with van der Waals surface area (Å²) in [6.07, 6.45) is 5.00. The molecule has 1 fully saturated rings. The van der Waals surface area contributed by atoms with Crippen LogP contribution in [0.3, 0.4) is 0 Å². The van der Waals surface area contributed by atoms with Crippen molar-refractivity contribution >= 4 is 57.1 Å². The Morgan fingerprint density at radius 2 is 1.86 bits per heavy atom. The lowest BCUT2D eigenvalue weighted by molar-refractivity contribution is -0.133. The number of fused-ring (bicyclic) bond motifs is 1. The second-order valence-corrected chi connectivity index (χ2v) is 7.59. The summed E-state index contributed by atoms with van der Waals surface area (Å²) in [6.45, 7) is 0.184. The average molecular weight is 420 g/mol. The monoisotopic (exact) mass is 419 g/mol. The van der Waals surface area contributed by atoms with Crippen molar-refractivity contribution in [1.29, 1.82) is 0 Å². The van der Waals surface area contributed by atoms with Gasteiger partial charge in [0.2, 0.25) is 18.2 Å². The van der Waals surface area contributed by atoms with E-state index in [0.717, 1.165) is 0 Å². The molecule has 0 saturated heterocycles. The molecule has 1 atom stereocenters. The van der Waals surface area contributed by atoms with Crippen LogP contribution in [0.2, 0.25) is 10.0 Å². The zero-order valence-corrected chi connectivity index (χ0v) is 17.1. The lowest BCUT2D eigenvalue weighted by Crippen LogP contribution is -2.47.